The van der Waals surface area contributed by atoms with E-state index < -0.39 is 0 Å². The first kappa shape index (κ1) is 12.2. The lowest BCUT2D eigenvalue weighted by Gasteiger charge is -2.25. The minimum atomic E-state index is -0.347. The first-order valence-corrected chi connectivity index (χ1v) is 5.92. The average molecular weight is 239 g/mol. The lowest BCUT2D eigenvalue weighted by Crippen LogP contribution is -2.34. The number of rotatable bonds is 3. The maximum Gasteiger partial charge on any atom is 0.197 e. The molecule has 1 heterocycles. The first-order valence-electron chi connectivity index (χ1n) is 5.92. The quantitative estimate of drug-likeness (QED) is 0.877. The van der Waals surface area contributed by atoms with Crippen LogP contribution in [0.1, 0.15) is 18.4 Å². The summed E-state index contributed by atoms with van der Waals surface area (Å²) in [6.07, 6.45) is 1.87. The molecule has 1 fully saturated rings. The van der Waals surface area contributed by atoms with Crippen LogP contribution in [-0.4, -0.2) is 26.3 Å². The van der Waals surface area contributed by atoms with Crippen molar-refractivity contribution < 1.29 is 13.9 Å². The predicted octanol–water partition coefficient (Wildman–Crippen LogP) is 2.27. The second kappa shape index (κ2) is 5.36. The molecule has 4 heteroatoms. The van der Waals surface area contributed by atoms with Gasteiger partial charge in [0.25, 0.3) is 0 Å². The molecule has 0 unspecified atom stereocenters. The highest BCUT2D eigenvalue weighted by molar-refractivity contribution is 5.44. The van der Waals surface area contributed by atoms with Gasteiger partial charge in [0.2, 0.25) is 0 Å². The number of nitrogens with one attached hydrogen (secondary N) is 1. The molecule has 0 spiro atoms. The molecule has 2 rings (SSSR count). The lowest BCUT2D eigenvalue weighted by atomic mass is 10.1. The molecule has 94 valence electrons. The standard InChI is InChI=1S/C13H18FNO2/c1-9-7-11(14)13(12(8-9)16-2)17-10-3-5-15-6-4-10/h7-8,10,15H,3-6H2,1-2H3. The molecule has 1 N–H and O–H groups in total. The Labute approximate surface area is 101 Å². The summed E-state index contributed by atoms with van der Waals surface area (Å²) in [4.78, 5) is 0. The second-order valence-electron chi connectivity index (χ2n) is 4.35. The minimum absolute atomic E-state index is 0.0716. The van der Waals surface area contributed by atoms with Crippen molar-refractivity contribution >= 4 is 0 Å². The second-order valence-corrected chi connectivity index (χ2v) is 4.35. The third-order valence-corrected chi connectivity index (χ3v) is 2.94. The van der Waals surface area contributed by atoms with E-state index in [1.807, 2.05) is 6.92 Å². The zero-order valence-electron chi connectivity index (χ0n) is 10.3. The van der Waals surface area contributed by atoms with E-state index in [1.54, 1.807) is 6.07 Å². The van der Waals surface area contributed by atoms with E-state index in [4.69, 9.17) is 9.47 Å². The van der Waals surface area contributed by atoms with Gasteiger partial charge in [-0.3, -0.25) is 0 Å². The number of ether oxygens (including phenoxy) is 2. The highest BCUT2D eigenvalue weighted by Gasteiger charge is 2.19. The average Bonchev–Trinajstić information content (AvgIpc) is 2.33. The lowest BCUT2D eigenvalue weighted by molar-refractivity contribution is 0.150. The summed E-state index contributed by atoms with van der Waals surface area (Å²) in [6.45, 7) is 3.67. The molecule has 1 aliphatic rings. The Hall–Kier alpha value is -1.29. The van der Waals surface area contributed by atoms with Crippen molar-refractivity contribution in [1.29, 1.82) is 0 Å². The van der Waals surface area contributed by atoms with Gasteiger partial charge >= 0.3 is 0 Å². The van der Waals surface area contributed by atoms with Crippen LogP contribution in [-0.2, 0) is 0 Å². The van der Waals surface area contributed by atoms with E-state index >= 15 is 0 Å². The topological polar surface area (TPSA) is 30.5 Å². The number of hydrogen-bond donors (Lipinski definition) is 1. The summed E-state index contributed by atoms with van der Waals surface area (Å²) in [7, 11) is 1.53. The van der Waals surface area contributed by atoms with Gasteiger partial charge in [-0.15, -0.1) is 0 Å². The molecule has 0 aromatic heterocycles. The highest BCUT2D eigenvalue weighted by atomic mass is 19.1. The molecule has 1 aromatic carbocycles. The van der Waals surface area contributed by atoms with Crippen LogP contribution in [0, 0.1) is 12.7 Å². The van der Waals surface area contributed by atoms with Crippen LogP contribution >= 0.6 is 0 Å². The van der Waals surface area contributed by atoms with E-state index in [0.29, 0.717) is 5.75 Å². The molecule has 1 aliphatic heterocycles. The van der Waals surface area contributed by atoms with Gasteiger partial charge in [0, 0.05) is 0 Å². The predicted molar refractivity (Wildman–Crippen MR) is 64.2 cm³/mol. The molecule has 3 nitrogen and oxygen atoms in total. The van der Waals surface area contributed by atoms with Crippen LogP contribution in [0.5, 0.6) is 11.5 Å². The summed E-state index contributed by atoms with van der Waals surface area (Å²) in [5.41, 5.74) is 0.831. The molecule has 0 amide bonds. The molecule has 0 bridgehead atoms. The smallest absolute Gasteiger partial charge is 0.197 e. The Kier molecular flexibility index (Phi) is 3.84. The van der Waals surface area contributed by atoms with Gasteiger partial charge in [0.1, 0.15) is 6.10 Å². The molecule has 0 saturated carbocycles. The molecular weight excluding hydrogens is 221 g/mol. The van der Waals surface area contributed by atoms with Crippen molar-refractivity contribution in [2.75, 3.05) is 20.2 Å². The van der Waals surface area contributed by atoms with Crippen LogP contribution in [0.25, 0.3) is 0 Å². The van der Waals surface area contributed by atoms with Crippen LogP contribution in [0.4, 0.5) is 4.39 Å². The molecule has 17 heavy (non-hydrogen) atoms. The van der Waals surface area contributed by atoms with Crippen LogP contribution in [0.2, 0.25) is 0 Å². The summed E-state index contributed by atoms with van der Waals surface area (Å²) in [5, 5.41) is 3.25. The first-order chi connectivity index (χ1) is 8.20. The van der Waals surface area contributed by atoms with Crippen LogP contribution in [0.15, 0.2) is 12.1 Å². The monoisotopic (exact) mass is 239 g/mol. The summed E-state index contributed by atoms with van der Waals surface area (Å²) in [6, 6.07) is 3.26. The Morgan fingerprint density at radius 2 is 2.00 bits per heavy atom. The van der Waals surface area contributed by atoms with E-state index in [0.717, 1.165) is 31.5 Å². The Morgan fingerprint density at radius 3 is 2.65 bits per heavy atom. The van der Waals surface area contributed by atoms with Gasteiger partial charge in [-0.2, -0.15) is 0 Å². The van der Waals surface area contributed by atoms with E-state index in [1.165, 1.54) is 13.2 Å². The maximum absolute atomic E-state index is 13.8. The number of methoxy groups -OCH3 is 1. The van der Waals surface area contributed by atoms with Crippen molar-refractivity contribution in [3.8, 4) is 11.5 Å². The normalized spacial score (nSPS) is 16.9. The zero-order valence-corrected chi connectivity index (χ0v) is 10.3. The molecule has 1 aromatic rings. The van der Waals surface area contributed by atoms with Crippen LogP contribution < -0.4 is 14.8 Å². The van der Waals surface area contributed by atoms with Gasteiger partial charge in [0.15, 0.2) is 17.3 Å². The summed E-state index contributed by atoms with van der Waals surface area (Å²) in [5.74, 6) is 0.367. The van der Waals surface area contributed by atoms with Crippen molar-refractivity contribution in [3.05, 3.63) is 23.5 Å². The van der Waals surface area contributed by atoms with Crippen molar-refractivity contribution in [3.63, 3.8) is 0 Å². The summed E-state index contributed by atoms with van der Waals surface area (Å²) >= 11 is 0. The fourth-order valence-electron chi connectivity index (χ4n) is 2.04. The fraction of sp³-hybridized carbons (Fsp3) is 0.538. The van der Waals surface area contributed by atoms with Gasteiger partial charge in [0.05, 0.1) is 7.11 Å². The third-order valence-electron chi connectivity index (χ3n) is 2.94. The SMILES string of the molecule is COc1cc(C)cc(F)c1OC1CCNCC1. The van der Waals surface area contributed by atoms with Gasteiger partial charge in [-0.1, -0.05) is 0 Å². The van der Waals surface area contributed by atoms with Crippen molar-refractivity contribution in [2.24, 2.45) is 0 Å². The number of benzene rings is 1. The summed E-state index contributed by atoms with van der Waals surface area (Å²) < 4.78 is 24.7. The van der Waals surface area contributed by atoms with E-state index in [9.17, 15) is 4.39 Å². The number of piperidine rings is 1. The number of aryl methyl sites for hydroxylation is 1. The number of halogens is 1. The minimum Gasteiger partial charge on any atom is -0.493 e. The molecule has 1 saturated heterocycles. The Balaban J connectivity index is 2.18. The van der Waals surface area contributed by atoms with Crippen molar-refractivity contribution in [1.82, 2.24) is 5.32 Å². The van der Waals surface area contributed by atoms with E-state index in [-0.39, 0.29) is 17.7 Å². The largest absolute Gasteiger partial charge is 0.493 e. The molecule has 0 radical (unpaired) electrons. The maximum atomic E-state index is 13.8. The Morgan fingerprint density at radius 1 is 1.29 bits per heavy atom. The van der Waals surface area contributed by atoms with Crippen molar-refractivity contribution in [2.45, 2.75) is 25.9 Å². The molecule has 0 atom stereocenters. The van der Waals surface area contributed by atoms with Crippen LogP contribution in [0.3, 0.4) is 0 Å². The number of hydrogen-bond acceptors (Lipinski definition) is 3. The fourth-order valence-corrected chi connectivity index (χ4v) is 2.04. The zero-order chi connectivity index (χ0) is 12.3. The molecular formula is C13H18FNO2. The molecule has 0 aliphatic carbocycles. The van der Waals surface area contributed by atoms with E-state index in [2.05, 4.69) is 5.32 Å². The highest BCUT2D eigenvalue weighted by Crippen LogP contribution is 2.33. The van der Waals surface area contributed by atoms with Gasteiger partial charge < -0.3 is 14.8 Å². The third kappa shape index (κ3) is 2.88. The Bertz CT molecular complexity index is 389. The van der Waals surface area contributed by atoms with Gasteiger partial charge in [-0.25, -0.2) is 4.39 Å². The van der Waals surface area contributed by atoms with Gasteiger partial charge in [-0.05, 0) is 50.6 Å².